The number of hydrogen-bond donors (Lipinski definition) is 1. The van der Waals surface area contributed by atoms with Crippen LogP contribution >= 0.6 is 0 Å². The van der Waals surface area contributed by atoms with Crippen LogP contribution in [-0.2, 0) is 0 Å². The summed E-state index contributed by atoms with van der Waals surface area (Å²) in [5.74, 6) is -0.119. The van der Waals surface area contributed by atoms with Crippen molar-refractivity contribution in [3.05, 3.63) is 30.1 Å². The van der Waals surface area contributed by atoms with Crippen LogP contribution in [0.5, 0.6) is 0 Å². The average Bonchev–Trinajstić information content (AvgIpc) is 2.43. The van der Waals surface area contributed by atoms with Crippen LogP contribution in [0.4, 0.5) is 10.1 Å². The molecule has 82 valence electrons. The van der Waals surface area contributed by atoms with Crippen LogP contribution in [-0.4, -0.2) is 25.7 Å². The van der Waals surface area contributed by atoms with E-state index >= 15 is 0 Å². The molecule has 0 spiro atoms. The van der Waals surface area contributed by atoms with E-state index in [0.717, 1.165) is 31.7 Å². The maximum Gasteiger partial charge on any atom is 0.146 e. The van der Waals surface area contributed by atoms with Gasteiger partial charge < -0.3 is 10.2 Å². The summed E-state index contributed by atoms with van der Waals surface area (Å²) in [6.07, 6.45) is 1.07. The summed E-state index contributed by atoms with van der Waals surface area (Å²) in [7, 11) is 0. The molecule has 1 aromatic rings. The maximum absolute atomic E-state index is 13.6. The first-order chi connectivity index (χ1) is 7.27. The molecule has 0 radical (unpaired) electrons. The smallest absolute Gasteiger partial charge is 0.146 e. The maximum atomic E-state index is 13.6. The molecule has 0 aromatic heterocycles. The van der Waals surface area contributed by atoms with Gasteiger partial charge in [0.25, 0.3) is 0 Å². The SMILES string of the molecule is CC1CN(c2ccccc2F)CCCN1. The van der Waals surface area contributed by atoms with Gasteiger partial charge in [0.1, 0.15) is 5.82 Å². The summed E-state index contributed by atoms with van der Waals surface area (Å²) >= 11 is 0. The van der Waals surface area contributed by atoms with Crippen molar-refractivity contribution < 1.29 is 4.39 Å². The topological polar surface area (TPSA) is 15.3 Å². The molecule has 1 aromatic carbocycles. The van der Waals surface area contributed by atoms with Crippen molar-refractivity contribution >= 4 is 5.69 Å². The first-order valence-electron chi connectivity index (χ1n) is 5.50. The second kappa shape index (κ2) is 4.62. The van der Waals surface area contributed by atoms with Crippen LogP contribution in [0.3, 0.4) is 0 Å². The molecule has 1 heterocycles. The van der Waals surface area contributed by atoms with Crippen molar-refractivity contribution in [2.24, 2.45) is 0 Å². The number of nitrogens with zero attached hydrogens (tertiary/aromatic N) is 1. The Kier molecular flexibility index (Phi) is 3.21. The molecule has 0 bridgehead atoms. The molecular weight excluding hydrogens is 191 g/mol. The van der Waals surface area contributed by atoms with E-state index in [0.29, 0.717) is 6.04 Å². The Hall–Kier alpha value is -1.09. The van der Waals surface area contributed by atoms with E-state index in [9.17, 15) is 4.39 Å². The van der Waals surface area contributed by atoms with Crippen LogP contribution in [0.25, 0.3) is 0 Å². The first kappa shape index (κ1) is 10.4. The van der Waals surface area contributed by atoms with Gasteiger partial charge in [0, 0.05) is 19.1 Å². The van der Waals surface area contributed by atoms with E-state index in [1.54, 1.807) is 6.07 Å². The Morgan fingerprint density at radius 1 is 1.40 bits per heavy atom. The lowest BCUT2D eigenvalue weighted by Gasteiger charge is -2.25. The van der Waals surface area contributed by atoms with E-state index < -0.39 is 0 Å². The number of halogens is 1. The van der Waals surface area contributed by atoms with Crippen LogP contribution in [0.2, 0.25) is 0 Å². The van der Waals surface area contributed by atoms with Gasteiger partial charge >= 0.3 is 0 Å². The molecule has 1 aliphatic heterocycles. The fourth-order valence-electron chi connectivity index (χ4n) is 2.03. The van der Waals surface area contributed by atoms with Gasteiger partial charge in [0.2, 0.25) is 0 Å². The zero-order chi connectivity index (χ0) is 10.7. The number of nitrogens with one attached hydrogen (secondary N) is 1. The standard InChI is InChI=1S/C12H17FN2/c1-10-9-15(8-4-7-14-10)12-6-3-2-5-11(12)13/h2-3,5-6,10,14H,4,7-9H2,1H3. The van der Waals surface area contributed by atoms with Crippen molar-refractivity contribution in [2.75, 3.05) is 24.5 Å². The summed E-state index contributed by atoms with van der Waals surface area (Å²) in [6.45, 7) is 4.96. The molecule has 15 heavy (non-hydrogen) atoms. The molecular formula is C12H17FN2. The summed E-state index contributed by atoms with van der Waals surface area (Å²) < 4.78 is 13.6. The molecule has 1 aliphatic rings. The van der Waals surface area contributed by atoms with Crippen LogP contribution in [0, 0.1) is 5.82 Å². The number of para-hydroxylation sites is 1. The van der Waals surface area contributed by atoms with E-state index in [4.69, 9.17) is 0 Å². The highest BCUT2D eigenvalue weighted by atomic mass is 19.1. The Labute approximate surface area is 90.1 Å². The van der Waals surface area contributed by atoms with E-state index in [1.807, 2.05) is 12.1 Å². The molecule has 2 rings (SSSR count). The van der Waals surface area contributed by atoms with E-state index in [1.165, 1.54) is 6.07 Å². The van der Waals surface area contributed by atoms with Crippen molar-refractivity contribution in [2.45, 2.75) is 19.4 Å². The second-order valence-electron chi connectivity index (χ2n) is 4.11. The third-order valence-corrected chi connectivity index (χ3v) is 2.78. The monoisotopic (exact) mass is 208 g/mol. The van der Waals surface area contributed by atoms with E-state index in [2.05, 4.69) is 17.1 Å². The highest BCUT2D eigenvalue weighted by Crippen LogP contribution is 2.19. The summed E-state index contributed by atoms with van der Waals surface area (Å²) in [6, 6.07) is 7.43. The Bertz CT molecular complexity index is 327. The van der Waals surface area contributed by atoms with Gasteiger partial charge in [-0.05, 0) is 32.0 Å². The molecule has 1 saturated heterocycles. The molecule has 2 nitrogen and oxygen atoms in total. The summed E-state index contributed by atoms with van der Waals surface area (Å²) in [5.41, 5.74) is 0.730. The van der Waals surface area contributed by atoms with Gasteiger partial charge in [-0.3, -0.25) is 0 Å². The number of hydrogen-bond acceptors (Lipinski definition) is 2. The molecule has 0 aliphatic carbocycles. The molecule has 0 saturated carbocycles. The normalized spacial score (nSPS) is 22.5. The number of anilines is 1. The minimum Gasteiger partial charge on any atom is -0.368 e. The minimum absolute atomic E-state index is 0.119. The van der Waals surface area contributed by atoms with Gasteiger partial charge in [-0.2, -0.15) is 0 Å². The number of benzene rings is 1. The largest absolute Gasteiger partial charge is 0.368 e. The lowest BCUT2D eigenvalue weighted by molar-refractivity contribution is 0.577. The number of rotatable bonds is 1. The molecule has 3 heteroatoms. The third kappa shape index (κ3) is 2.48. The van der Waals surface area contributed by atoms with E-state index in [-0.39, 0.29) is 5.82 Å². The zero-order valence-corrected chi connectivity index (χ0v) is 9.04. The Morgan fingerprint density at radius 2 is 2.20 bits per heavy atom. The molecule has 0 amide bonds. The predicted molar refractivity (Wildman–Crippen MR) is 60.7 cm³/mol. The fraction of sp³-hybridized carbons (Fsp3) is 0.500. The van der Waals surface area contributed by atoms with Crippen LogP contribution < -0.4 is 10.2 Å². The quantitative estimate of drug-likeness (QED) is 0.759. The highest BCUT2D eigenvalue weighted by molar-refractivity contribution is 5.47. The summed E-state index contributed by atoms with van der Waals surface area (Å²) in [4.78, 5) is 2.12. The van der Waals surface area contributed by atoms with Gasteiger partial charge in [-0.15, -0.1) is 0 Å². The van der Waals surface area contributed by atoms with Gasteiger partial charge in [0.05, 0.1) is 5.69 Å². The predicted octanol–water partition coefficient (Wildman–Crippen LogP) is 2.01. The van der Waals surface area contributed by atoms with Crippen molar-refractivity contribution in [3.8, 4) is 0 Å². The van der Waals surface area contributed by atoms with Crippen molar-refractivity contribution in [1.29, 1.82) is 0 Å². The average molecular weight is 208 g/mol. The molecule has 1 N–H and O–H groups in total. The second-order valence-corrected chi connectivity index (χ2v) is 4.11. The Balaban J connectivity index is 2.18. The van der Waals surface area contributed by atoms with Crippen molar-refractivity contribution in [3.63, 3.8) is 0 Å². The Morgan fingerprint density at radius 3 is 3.00 bits per heavy atom. The zero-order valence-electron chi connectivity index (χ0n) is 9.04. The van der Waals surface area contributed by atoms with Gasteiger partial charge in [-0.25, -0.2) is 4.39 Å². The fourth-order valence-corrected chi connectivity index (χ4v) is 2.03. The van der Waals surface area contributed by atoms with Gasteiger partial charge in [0.15, 0.2) is 0 Å². The molecule has 1 fully saturated rings. The van der Waals surface area contributed by atoms with Crippen LogP contribution in [0.15, 0.2) is 24.3 Å². The highest BCUT2D eigenvalue weighted by Gasteiger charge is 2.16. The first-order valence-corrected chi connectivity index (χ1v) is 5.50. The lowest BCUT2D eigenvalue weighted by atomic mass is 10.2. The molecule has 1 unspecified atom stereocenters. The third-order valence-electron chi connectivity index (χ3n) is 2.78. The summed E-state index contributed by atoms with van der Waals surface area (Å²) in [5, 5.41) is 3.40. The van der Waals surface area contributed by atoms with Crippen molar-refractivity contribution in [1.82, 2.24) is 5.32 Å². The minimum atomic E-state index is -0.119. The van der Waals surface area contributed by atoms with Crippen LogP contribution in [0.1, 0.15) is 13.3 Å². The van der Waals surface area contributed by atoms with Gasteiger partial charge in [-0.1, -0.05) is 12.1 Å². The lowest BCUT2D eigenvalue weighted by Crippen LogP contribution is -2.35. The molecule has 1 atom stereocenters.